The second-order valence-corrected chi connectivity index (χ2v) is 5.56. The van der Waals surface area contributed by atoms with Gasteiger partial charge in [-0.25, -0.2) is 0 Å². The summed E-state index contributed by atoms with van der Waals surface area (Å²) in [6.07, 6.45) is 0.636. The van der Waals surface area contributed by atoms with E-state index >= 15 is 0 Å². The maximum atomic E-state index is 13.1. The van der Waals surface area contributed by atoms with Crippen LogP contribution in [-0.4, -0.2) is 54.4 Å². The van der Waals surface area contributed by atoms with Crippen LogP contribution in [-0.2, 0) is 4.79 Å². The minimum absolute atomic E-state index is 0.116. The van der Waals surface area contributed by atoms with Gasteiger partial charge in [-0.15, -0.1) is 0 Å². The van der Waals surface area contributed by atoms with E-state index < -0.39 is 17.3 Å². The van der Waals surface area contributed by atoms with E-state index in [0.29, 0.717) is 13.1 Å². The molecular formula is C14H16ClF3N2O. The van der Waals surface area contributed by atoms with Crippen molar-refractivity contribution in [1.29, 1.82) is 0 Å². The zero-order chi connectivity index (χ0) is 15.6. The average Bonchev–Trinajstić information content (AvgIpc) is 2.40. The molecule has 0 saturated carbocycles. The van der Waals surface area contributed by atoms with Crippen LogP contribution in [0.5, 0.6) is 0 Å². The molecular weight excluding hydrogens is 305 g/mol. The second kappa shape index (κ2) is 6.23. The Hall–Kier alpha value is -1.27. The number of nitrogens with zero attached hydrogens (tertiary/aromatic N) is 2. The average molecular weight is 321 g/mol. The van der Waals surface area contributed by atoms with Crippen molar-refractivity contribution in [3.8, 4) is 0 Å². The highest BCUT2D eigenvalue weighted by Gasteiger charge is 2.41. The quantitative estimate of drug-likeness (QED) is 0.731. The van der Waals surface area contributed by atoms with Crippen LogP contribution >= 0.6 is 11.6 Å². The van der Waals surface area contributed by atoms with Crippen LogP contribution < -0.4 is 0 Å². The van der Waals surface area contributed by atoms with Gasteiger partial charge in [0.25, 0.3) is 5.24 Å². The number of hydrogen-bond acceptors (Lipinski definition) is 3. The van der Waals surface area contributed by atoms with Crippen LogP contribution in [0.3, 0.4) is 0 Å². The first-order valence-corrected chi connectivity index (χ1v) is 6.96. The van der Waals surface area contributed by atoms with Crippen LogP contribution in [0.2, 0.25) is 0 Å². The normalized spacial score (nSPS) is 26.1. The number of likely N-dealkylation sites (N-methyl/N-ethyl adjacent to an activating group) is 1. The first-order chi connectivity index (χ1) is 9.77. The molecule has 2 rings (SSSR count). The number of rotatable bonds is 2. The maximum Gasteiger partial charge on any atom is 0.399 e. The van der Waals surface area contributed by atoms with Gasteiger partial charge in [0.05, 0.1) is 0 Å². The smallest absolute Gasteiger partial charge is 0.375 e. The van der Waals surface area contributed by atoms with Crippen molar-refractivity contribution in [2.45, 2.75) is 6.18 Å². The highest BCUT2D eigenvalue weighted by Crippen LogP contribution is 2.37. The highest BCUT2D eigenvalue weighted by molar-refractivity contribution is 6.68. The van der Waals surface area contributed by atoms with Crippen LogP contribution in [0.4, 0.5) is 13.2 Å². The molecule has 0 aromatic rings. The number of piperazine rings is 1. The minimum Gasteiger partial charge on any atom is -0.375 e. The summed E-state index contributed by atoms with van der Waals surface area (Å²) in [4.78, 5) is 15.0. The molecule has 1 unspecified atom stereocenters. The third-order valence-electron chi connectivity index (χ3n) is 3.61. The molecule has 1 heterocycles. The lowest BCUT2D eigenvalue weighted by molar-refractivity contribution is -0.151. The standard InChI is InChI=1S/C14H16ClF3N2O/c1-19-4-6-20(7-5-19)9-11-3-2-10(13(15)21)8-12(11)14(16,17)18/h2-3,8-9,12H,4-7H2,1H3. The number of hydrogen-bond donors (Lipinski definition) is 0. The summed E-state index contributed by atoms with van der Waals surface area (Å²) in [5, 5.41) is -0.876. The van der Waals surface area contributed by atoms with Crippen molar-refractivity contribution in [3.63, 3.8) is 0 Å². The molecule has 0 aromatic carbocycles. The number of carbonyl (C=O) groups excluding carboxylic acids is 1. The van der Waals surface area contributed by atoms with Crippen molar-refractivity contribution in [3.05, 3.63) is 35.6 Å². The highest BCUT2D eigenvalue weighted by atomic mass is 35.5. The Kier molecular flexibility index (Phi) is 4.78. The van der Waals surface area contributed by atoms with Crippen LogP contribution in [0.1, 0.15) is 0 Å². The fraction of sp³-hybridized carbons (Fsp3) is 0.500. The van der Waals surface area contributed by atoms with E-state index in [9.17, 15) is 18.0 Å². The van der Waals surface area contributed by atoms with Gasteiger partial charge >= 0.3 is 6.18 Å². The summed E-state index contributed by atoms with van der Waals surface area (Å²) in [5.74, 6) is -1.79. The lowest BCUT2D eigenvalue weighted by Gasteiger charge is -2.33. The van der Waals surface area contributed by atoms with E-state index in [1.54, 1.807) is 0 Å². The fourth-order valence-electron chi connectivity index (χ4n) is 2.32. The monoisotopic (exact) mass is 320 g/mol. The van der Waals surface area contributed by atoms with Crippen molar-refractivity contribution in [1.82, 2.24) is 9.80 Å². The molecule has 0 bridgehead atoms. The molecule has 0 amide bonds. The molecule has 1 atom stereocenters. The van der Waals surface area contributed by atoms with Gasteiger partial charge in [0.1, 0.15) is 5.92 Å². The van der Waals surface area contributed by atoms with Crippen molar-refractivity contribution in [2.75, 3.05) is 33.2 Å². The zero-order valence-electron chi connectivity index (χ0n) is 11.5. The first kappa shape index (κ1) is 16.1. The molecule has 3 nitrogen and oxygen atoms in total. The summed E-state index contributed by atoms with van der Waals surface area (Å²) in [6.45, 7) is 2.99. The van der Waals surface area contributed by atoms with E-state index in [2.05, 4.69) is 4.90 Å². The predicted molar refractivity (Wildman–Crippen MR) is 74.8 cm³/mol. The fourth-order valence-corrected chi connectivity index (χ4v) is 2.45. The Labute approximate surface area is 126 Å². The minimum atomic E-state index is -4.44. The Morgan fingerprint density at radius 1 is 1.29 bits per heavy atom. The Bertz CT molecular complexity index is 503. The summed E-state index contributed by atoms with van der Waals surface area (Å²) in [6, 6.07) is 0. The van der Waals surface area contributed by atoms with Gasteiger partial charge in [0.2, 0.25) is 0 Å². The van der Waals surface area contributed by atoms with Gasteiger partial charge in [-0.1, -0.05) is 18.2 Å². The van der Waals surface area contributed by atoms with E-state index in [1.165, 1.54) is 18.4 Å². The summed E-state index contributed by atoms with van der Waals surface area (Å²) in [7, 11) is 1.98. The van der Waals surface area contributed by atoms with Gasteiger partial charge in [0, 0.05) is 38.0 Å². The number of allylic oxidation sites excluding steroid dienone is 5. The zero-order valence-corrected chi connectivity index (χ0v) is 12.3. The predicted octanol–water partition coefficient (Wildman–Crippen LogP) is 2.56. The molecule has 21 heavy (non-hydrogen) atoms. The Morgan fingerprint density at radius 3 is 2.43 bits per heavy atom. The molecule has 1 fully saturated rings. The van der Waals surface area contributed by atoms with Crippen molar-refractivity contribution >= 4 is 16.8 Å². The van der Waals surface area contributed by atoms with Crippen LogP contribution in [0.25, 0.3) is 0 Å². The molecule has 1 saturated heterocycles. The number of carbonyl (C=O) groups is 1. The molecule has 0 radical (unpaired) electrons. The van der Waals surface area contributed by atoms with Gasteiger partial charge in [-0.3, -0.25) is 4.79 Å². The summed E-state index contributed by atoms with van der Waals surface area (Å²) >= 11 is 5.27. The van der Waals surface area contributed by atoms with Crippen LogP contribution in [0.15, 0.2) is 35.6 Å². The first-order valence-electron chi connectivity index (χ1n) is 6.58. The van der Waals surface area contributed by atoms with Crippen molar-refractivity contribution in [2.24, 2.45) is 5.92 Å². The molecule has 1 aliphatic heterocycles. The Morgan fingerprint density at radius 2 is 1.90 bits per heavy atom. The van der Waals surface area contributed by atoms with Crippen LogP contribution in [0, 0.1) is 5.92 Å². The van der Waals surface area contributed by atoms with Gasteiger partial charge < -0.3 is 9.80 Å². The molecule has 0 N–H and O–H groups in total. The number of halogens is 4. The molecule has 7 heteroatoms. The van der Waals surface area contributed by atoms with E-state index in [-0.39, 0.29) is 11.1 Å². The van der Waals surface area contributed by atoms with Gasteiger partial charge in [-0.05, 0) is 24.2 Å². The largest absolute Gasteiger partial charge is 0.399 e. The van der Waals surface area contributed by atoms with E-state index in [0.717, 1.165) is 19.2 Å². The van der Waals surface area contributed by atoms with E-state index in [4.69, 9.17) is 11.6 Å². The summed E-state index contributed by atoms with van der Waals surface area (Å²) < 4.78 is 39.4. The molecule has 0 aromatic heterocycles. The lowest BCUT2D eigenvalue weighted by Crippen LogP contribution is -2.42. The third kappa shape index (κ3) is 4.11. The topological polar surface area (TPSA) is 23.6 Å². The number of alkyl halides is 3. The molecule has 0 spiro atoms. The SMILES string of the molecule is CN1CCN(C=C2C=CC(C(=O)Cl)=CC2C(F)(F)F)CC1. The van der Waals surface area contributed by atoms with Gasteiger partial charge in [-0.2, -0.15) is 13.2 Å². The Balaban J connectivity index is 2.22. The molecule has 116 valence electrons. The van der Waals surface area contributed by atoms with Gasteiger partial charge in [0.15, 0.2) is 0 Å². The maximum absolute atomic E-state index is 13.1. The van der Waals surface area contributed by atoms with E-state index in [1.807, 2.05) is 11.9 Å². The second-order valence-electron chi connectivity index (χ2n) is 5.22. The summed E-state index contributed by atoms with van der Waals surface area (Å²) in [5.41, 5.74) is 0.0169. The lowest BCUT2D eigenvalue weighted by atomic mass is 9.91. The van der Waals surface area contributed by atoms with Crippen molar-refractivity contribution < 1.29 is 18.0 Å². The third-order valence-corrected chi connectivity index (χ3v) is 3.83. The molecule has 1 aliphatic carbocycles. The molecule has 2 aliphatic rings.